The maximum atomic E-state index is 12.8. The van der Waals surface area contributed by atoms with E-state index in [0.29, 0.717) is 0 Å². The van der Waals surface area contributed by atoms with Crippen LogP contribution in [0, 0.1) is 5.82 Å². The summed E-state index contributed by atoms with van der Waals surface area (Å²) in [6.45, 7) is 0.241. The highest BCUT2D eigenvalue weighted by atomic mass is 19.1. The number of aromatic hydroxyl groups is 1. The van der Waals surface area contributed by atoms with Gasteiger partial charge in [-0.1, -0.05) is 0 Å². The zero-order valence-corrected chi connectivity index (χ0v) is 6.71. The van der Waals surface area contributed by atoms with Crippen molar-refractivity contribution in [2.24, 2.45) is 0 Å². The number of carbonyl (C=O) groups is 1. The number of Topliss-reactive ketones (excluding diaryl/α,β-unsaturated/α-hetero) is 1. The molecule has 1 heterocycles. The molecule has 0 saturated heterocycles. The Balaban J connectivity index is 2.63. The summed E-state index contributed by atoms with van der Waals surface area (Å²) >= 11 is 0. The summed E-state index contributed by atoms with van der Waals surface area (Å²) in [6, 6.07) is 2.01. The number of carbonyl (C=O) groups excluding carboxylic acids is 1. The first-order valence-corrected chi connectivity index (χ1v) is 3.87. The van der Waals surface area contributed by atoms with Gasteiger partial charge in [0.25, 0.3) is 0 Å². The van der Waals surface area contributed by atoms with Crippen molar-refractivity contribution < 1.29 is 19.0 Å². The third kappa shape index (κ3) is 1.24. The molecule has 0 aromatic heterocycles. The molecule has 0 spiro atoms. The van der Waals surface area contributed by atoms with Crippen LogP contribution < -0.4 is 4.74 Å². The van der Waals surface area contributed by atoms with Gasteiger partial charge in [0, 0.05) is 12.5 Å². The Morgan fingerprint density at radius 1 is 1.46 bits per heavy atom. The molecule has 0 bridgehead atoms. The van der Waals surface area contributed by atoms with Crippen LogP contribution >= 0.6 is 0 Å². The van der Waals surface area contributed by atoms with Crippen molar-refractivity contribution in [3.8, 4) is 11.5 Å². The minimum atomic E-state index is -0.630. The Morgan fingerprint density at radius 3 is 3.00 bits per heavy atom. The number of fused-ring (bicyclic) bond motifs is 1. The summed E-state index contributed by atoms with van der Waals surface area (Å²) in [5.41, 5.74) is 0.128. The zero-order chi connectivity index (χ0) is 9.42. The van der Waals surface area contributed by atoms with E-state index in [1.54, 1.807) is 0 Å². The monoisotopic (exact) mass is 182 g/mol. The molecule has 1 aliphatic heterocycles. The highest BCUT2D eigenvalue weighted by molar-refractivity contribution is 6.00. The summed E-state index contributed by atoms with van der Waals surface area (Å²) in [4.78, 5) is 11.2. The van der Waals surface area contributed by atoms with Crippen LogP contribution in [0.1, 0.15) is 16.8 Å². The largest absolute Gasteiger partial charge is 0.504 e. The lowest BCUT2D eigenvalue weighted by molar-refractivity contribution is 0.0929. The molecular formula is C9H7FO3. The summed E-state index contributed by atoms with van der Waals surface area (Å²) < 4.78 is 17.8. The van der Waals surface area contributed by atoms with E-state index in [1.807, 2.05) is 0 Å². The number of ether oxygens (including phenoxy) is 1. The maximum absolute atomic E-state index is 12.8. The van der Waals surface area contributed by atoms with Crippen LogP contribution in [0.3, 0.4) is 0 Å². The molecule has 4 heteroatoms. The Bertz CT molecular complexity index is 373. The molecule has 0 unspecified atom stereocenters. The van der Waals surface area contributed by atoms with Crippen LogP contribution in [0.25, 0.3) is 0 Å². The number of ketones is 1. The highest BCUT2D eigenvalue weighted by Crippen LogP contribution is 2.34. The van der Waals surface area contributed by atoms with E-state index in [-0.39, 0.29) is 35.9 Å². The second-order valence-electron chi connectivity index (χ2n) is 2.82. The molecule has 0 atom stereocenters. The molecular weight excluding hydrogens is 175 g/mol. The molecule has 2 rings (SSSR count). The molecule has 1 aliphatic rings. The number of hydrogen-bond acceptors (Lipinski definition) is 3. The number of hydrogen-bond donors (Lipinski definition) is 1. The molecule has 0 aliphatic carbocycles. The van der Waals surface area contributed by atoms with E-state index in [9.17, 15) is 14.3 Å². The van der Waals surface area contributed by atoms with Crippen LogP contribution in [0.5, 0.6) is 11.5 Å². The lowest BCUT2D eigenvalue weighted by Crippen LogP contribution is -2.15. The molecule has 1 N–H and O–H groups in total. The van der Waals surface area contributed by atoms with Gasteiger partial charge in [-0.2, -0.15) is 0 Å². The van der Waals surface area contributed by atoms with Gasteiger partial charge < -0.3 is 9.84 Å². The molecule has 68 valence electrons. The molecule has 1 aromatic rings. The smallest absolute Gasteiger partial charge is 0.171 e. The lowest BCUT2D eigenvalue weighted by atomic mass is 10.0. The predicted molar refractivity (Wildman–Crippen MR) is 42.5 cm³/mol. The van der Waals surface area contributed by atoms with Gasteiger partial charge in [0.2, 0.25) is 0 Å². The zero-order valence-electron chi connectivity index (χ0n) is 6.71. The molecule has 0 fully saturated rings. The summed E-state index contributed by atoms with van der Waals surface area (Å²) in [5, 5.41) is 9.24. The number of halogens is 1. The first-order chi connectivity index (χ1) is 6.18. The Hall–Kier alpha value is -1.58. The third-order valence-electron chi connectivity index (χ3n) is 1.91. The van der Waals surface area contributed by atoms with E-state index in [0.717, 1.165) is 12.1 Å². The van der Waals surface area contributed by atoms with Crippen LogP contribution in [0.15, 0.2) is 12.1 Å². The number of phenols is 1. The standard InChI is InChI=1S/C9H7FO3/c10-5-3-6-7(11)1-2-13-9(6)8(12)4-5/h3-4,12H,1-2H2. The molecule has 0 saturated carbocycles. The van der Waals surface area contributed by atoms with Crippen molar-refractivity contribution in [2.75, 3.05) is 6.61 Å². The van der Waals surface area contributed by atoms with Crippen LogP contribution in [-0.2, 0) is 0 Å². The van der Waals surface area contributed by atoms with Crippen molar-refractivity contribution in [2.45, 2.75) is 6.42 Å². The van der Waals surface area contributed by atoms with Gasteiger partial charge in [-0.05, 0) is 6.07 Å². The molecule has 3 nitrogen and oxygen atoms in total. The second kappa shape index (κ2) is 2.73. The van der Waals surface area contributed by atoms with Crippen molar-refractivity contribution in [1.82, 2.24) is 0 Å². The van der Waals surface area contributed by atoms with E-state index in [1.165, 1.54) is 0 Å². The topological polar surface area (TPSA) is 46.5 Å². The number of rotatable bonds is 0. The minimum Gasteiger partial charge on any atom is -0.504 e. The summed E-state index contributed by atoms with van der Waals surface area (Å²) in [6.07, 6.45) is 0.232. The summed E-state index contributed by atoms with van der Waals surface area (Å²) in [5.74, 6) is -1.05. The molecule has 0 amide bonds. The van der Waals surface area contributed by atoms with E-state index < -0.39 is 5.82 Å². The van der Waals surface area contributed by atoms with E-state index in [2.05, 4.69) is 0 Å². The molecule has 1 aromatic carbocycles. The fraction of sp³-hybridized carbons (Fsp3) is 0.222. The van der Waals surface area contributed by atoms with Crippen LogP contribution in [0.2, 0.25) is 0 Å². The number of benzene rings is 1. The van der Waals surface area contributed by atoms with E-state index >= 15 is 0 Å². The summed E-state index contributed by atoms with van der Waals surface area (Å²) in [7, 11) is 0. The van der Waals surface area contributed by atoms with Crippen molar-refractivity contribution in [3.63, 3.8) is 0 Å². The maximum Gasteiger partial charge on any atom is 0.171 e. The fourth-order valence-electron chi connectivity index (χ4n) is 1.32. The average molecular weight is 182 g/mol. The minimum absolute atomic E-state index is 0.0950. The average Bonchev–Trinajstić information content (AvgIpc) is 2.07. The van der Waals surface area contributed by atoms with Gasteiger partial charge in [-0.3, -0.25) is 4.79 Å². The highest BCUT2D eigenvalue weighted by Gasteiger charge is 2.22. The molecule has 0 radical (unpaired) electrons. The van der Waals surface area contributed by atoms with Gasteiger partial charge >= 0.3 is 0 Å². The van der Waals surface area contributed by atoms with Gasteiger partial charge in [0.15, 0.2) is 17.3 Å². The van der Waals surface area contributed by atoms with Gasteiger partial charge in [-0.15, -0.1) is 0 Å². The Morgan fingerprint density at radius 2 is 2.23 bits per heavy atom. The second-order valence-corrected chi connectivity index (χ2v) is 2.82. The van der Waals surface area contributed by atoms with E-state index in [4.69, 9.17) is 4.74 Å². The van der Waals surface area contributed by atoms with Crippen molar-refractivity contribution in [3.05, 3.63) is 23.5 Å². The molecule has 13 heavy (non-hydrogen) atoms. The van der Waals surface area contributed by atoms with Crippen LogP contribution in [0.4, 0.5) is 4.39 Å². The van der Waals surface area contributed by atoms with Gasteiger partial charge in [0.1, 0.15) is 5.82 Å². The normalized spacial score (nSPS) is 15.0. The van der Waals surface area contributed by atoms with Crippen molar-refractivity contribution >= 4 is 5.78 Å². The fourth-order valence-corrected chi connectivity index (χ4v) is 1.32. The van der Waals surface area contributed by atoms with Crippen molar-refractivity contribution in [1.29, 1.82) is 0 Å². The third-order valence-corrected chi connectivity index (χ3v) is 1.91. The first-order valence-electron chi connectivity index (χ1n) is 3.87. The Labute approximate surface area is 73.8 Å². The van der Waals surface area contributed by atoms with Gasteiger partial charge in [-0.25, -0.2) is 4.39 Å². The number of phenolic OH excluding ortho intramolecular Hbond substituents is 1. The Kier molecular flexibility index (Phi) is 1.69. The van der Waals surface area contributed by atoms with Gasteiger partial charge in [0.05, 0.1) is 12.2 Å². The lowest BCUT2D eigenvalue weighted by Gasteiger charge is -2.16. The predicted octanol–water partition coefficient (Wildman–Crippen LogP) is 1.50. The SMILES string of the molecule is O=C1CCOc2c(O)cc(F)cc21. The quantitative estimate of drug-likeness (QED) is 0.661. The first kappa shape index (κ1) is 8.04. The van der Waals surface area contributed by atoms with Crippen LogP contribution in [-0.4, -0.2) is 17.5 Å².